The van der Waals surface area contributed by atoms with Crippen LogP contribution in [0.3, 0.4) is 0 Å². The summed E-state index contributed by atoms with van der Waals surface area (Å²) in [6.07, 6.45) is 1.99. The van der Waals surface area contributed by atoms with Gasteiger partial charge in [0.05, 0.1) is 10.1 Å². The maximum atomic E-state index is 11.9. The van der Waals surface area contributed by atoms with E-state index in [0.717, 1.165) is 0 Å². The van der Waals surface area contributed by atoms with Crippen LogP contribution in [-0.4, -0.2) is 47.8 Å². The van der Waals surface area contributed by atoms with E-state index in [2.05, 4.69) is 21.2 Å². The van der Waals surface area contributed by atoms with Crippen LogP contribution in [0.1, 0.15) is 40.0 Å². The van der Waals surface area contributed by atoms with Crippen LogP contribution < -0.4 is 5.32 Å². The van der Waals surface area contributed by atoms with Gasteiger partial charge >= 0.3 is 0 Å². The molecule has 1 rings (SSSR count). The number of nitrogens with one attached hydrogen (secondary N) is 1. The van der Waals surface area contributed by atoms with Crippen molar-refractivity contribution in [2.24, 2.45) is 0 Å². The topological polar surface area (TPSA) is 66.5 Å². The highest BCUT2D eigenvalue weighted by atomic mass is 79.9. The van der Waals surface area contributed by atoms with Gasteiger partial charge in [-0.15, -0.1) is 0 Å². The van der Waals surface area contributed by atoms with Gasteiger partial charge in [0.15, 0.2) is 0 Å². The van der Waals surface area contributed by atoms with E-state index in [4.69, 9.17) is 0 Å². The van der Waals surface area contributed by atoms with Gasteiger partial charge < -0.3 is 5.32 Å². The summed E-state index contributed by atoms with van der Waals surface area (Å²) < 4.78 is 24.8. The summed E-state index contributed by atoms with van der Waals surface area (Å²) in [6, 6.07) is 0.0670. The van der Waals surface area contributed by atoms with E-state index in [1.54, 1.807) is 18.2 Å². The first kappa shape index (κ1) is 16.9. The van der Waals surface area contributed by atoms with Crippen LogP contribution in [0.2, 0.25) is 0 Å². The Labute approximate surface area is 124 Å². The van der Waals surface area contributed by atoms with Crippen LogP contribution in [0.25, 0.3) is 0 Å². The molecule has 1 aliphatic heterocycles. The van der Waals surface area contributed by atoms with Crippen molar-refractivity contribution in [2.45, 2.75) is 50.4 Å². The van der Waals surface area contributed by atoms with Crippen LogP contribution in [-0.2, 0) is 14.8 Å². The fourth-order valence-corrected chi connectivity index (χ4v) is 3.68. The number of hydrogen-bond acceptors (Lipinski definition) is 3. The SMILES string of the molecule is CCCS(=O)(=O)N1CCC(NC(=O)C(C)(C)Br)CC1. The summed E-state index contributed by atoms with van der Waals surface area (Å²) in [7, 11) is -3.10. The van der Waals surface area contributed by atoms with Gasteiger partial charge in [-0.25, -0.2) is 12.7 Å². The summed E-state index contributed by atoms with van der Waals surface area (Å²) in [5.41, 5.74) is 0. The van der Waals surface area contributed by atoms with Crippen LogP contribution in [0.5, 0.6) is 0 Å². The smallest absolute Gasteiger partial charge is 0.236 e. The number of piperidine rings is 1. The molecule has 0 saturated carbocycles. The molecule has 0 radical (unpaired) electrons. The minimum absolute atomic E-state index is 0.0534. The third-order valence-corrected chi connectivity index (χ3v) is 5.62. The Balaban J connectivity index is 2.48. The van der Waals surface area contributed by atoms with Gasteiger partial charge in [0.25, 0.3) is 0 Å². The number of amides is 1. The molecule has 1 heterocycles. The molecule has 0 spiro atoms. The average Bonchev–Trinajstić information content (AvgIpc) is 2.28. The minimum atomic E-state index is -3.10. The molecule has 19 heavy (non-hydrogen) atoms. The second-order valence-electron chi connectivity index (χ2n) is 5.44. The standard InChI is InChI=1S/C12H23BrN2O3S/c1-4-9-19(17,18)15-7-5-10(6-8-15)14-11(16)12(2,3)13/h10H,4-9H2,1-3H3,(H,14,16). The van der Waals surface area contributed by atoms with Gasteiger partial charge in [0, 0.05) is 19.1 Å². The number of alkyl halides is 1. The second-order valence-corrected chi connectivity index (χ2v) is 9.51. The fourth-order valence-electron chi connectivity index (χ4n) is 2.02. The summed E-state index contributed by atoms with van der Waals surface area (Å²) in [4.78, 5) is 11.8. The number of halogens is 1. The van der Waals surface area contributed by atoms with Crippen molar-refractivity contribution in [1.82, 2.24) is 9.62 Å². The Morgan fingerprint density at radius 2 is 1.89 bits per heavy atom. The van der Waals surface area contributed by atoms with Gasteiger partial charge in [-0.1, -0.05) is 22.9 Å². The molecule has 1 amide bonds. The van der Waals surface area contributed by atoms with E-state index < -0.39 is 14.3 Å². The molecule has 0 aromatic carbocycles. The van der Waals surface area contributed by atoms with Crippen LogP contribution in [0, 0.1) is 0 Å². The van der Waals surface area contributed by atoms with Gasteiger partial charge in [-0.3, -0.25) is 4.79 Å². The number of nitrogens with zero attached hydrogens (tertiary/aromatic N) is 1. The minimum Gasteiger partial charge on any atom is -0.352 e. The predicted octanol–water partition coefficient (Wildman–Crippen LogP) is 1.48. The molecule has 0 atom stereocenters. The summed E-state index contributed by atoms with van der Waals surface area (Å²) in [5.74, 6) is 0.153. The lowest BCUT2D eigenvalue weighted by Gasteiger charge is -2.32. The van der Waals surface area contributed by atoms with Crippen LogP contribution in [0.4, 0.5) is 0 Å². The first-order valence-corrected chi connectivity index (χ1v) is 9.04. The molecule has 1 fully saturated rings. The lowest BCUT2D eigenvalue weighted by Crippen LogP contribution is -2.50. The van der Waals surface area contributed by atoms with Crippen molar-refractivity contribution in [2.75, 3.05) is 18.8 Å². The van der Waals surface area contributed by atoms with Crippen LogP contribution in [0.15, 0.2) is 0 Å². The number of carbonyl (C=O) groups excluding carboxylic acids is 1. The first-order chi connectivity index (χ1) is 8.66. The van der Waals surface area contributed by atoms with Crippen molar-refractivity contribution in [3.8, 4) is 0 Å². The molecule has 7 heteroatoms. The van der Waals surface area contributed by atoms with Gasteiger partial charge in [0.1, 0.15) is 0 Å². The highest BCUT2D eigenvalue weighted by molar-refractivity contribution is 9.10. The molecule has 112 valence electrons. The lowest BCUT2D eigenvalue weighted by atomic mass is 10.1. The van der Waals surface area contributed by atoms with E-state index in [0.29, 0.717) is 32.4 Å². The summed E-state index contributed by atoms with van der Waals surface area (Å²) in [6.45, 7) is 6.45. The fraction of sp³-hybridized carbons (Fsp3) is 0.917. The molecule has 0 bridgehead atoms. The Hall–Kier alpha value is -0.140. The van der Waals surface area contributed by atoms with Crippen molar-refractivity contribution < 1.29 is 13.2 Å². The maximum Gasteiger partial charge on any atom is 0.236 e. The second kappa shape index (κ2) is 6.54. The van der Waals surface area contributed by atoms with E-state index in [9.17, 15) is 13.2 Å². The van der Waals surface area contributed by atoms with Gasteiger partial charge in [-0.2, -0.15) is 0 Å². The molecule has 0 aromatic rings. The summed E-state index contributed by atoms with van der Waals surface area (Å²) in [5, 5.41) is 2.96. The number of carbonyl (C=O) groups is 1. The molecule has 1 N–H and O–H groups in total. The Morgan fingerprint density at radius 3 is 2.32 bits per heavy atom. The van der Waals surface area contributed by atoms with Crippen LogP contribution >= 0.6 is 15.9 Å². The molecule has 0 unspecified atom stereocenters. The zero-order valence-corrected chi connectivity index (χ0v) is 14.2. The number of rotatable bonds is 5. The Morgan fingerprint density at radius 1 is 1.37 bits per heavy atom. The Kier molecular flexibility index (Phi) is 5.82. The van der Waals surface area contributed by atoms with Crippen molar-refractivity contribution in [3.05, 3.63) is 0 Å². The van der Waals surface area contributed by atoms with Crippen molar-refractivity contribution in [3.63, 3.8) is 0 Å². The normalized spacial score (nSPS) is 19.4. The highest BCUT2D eigenvalue weighted by Crippen LogP contribution is 2.19. The third-order valence-electron chi connectivity index (χ3n) is 3.18. The summed E-state index contributed by atoms with van der Waals surface area (Å²) >= 11 is 3.32. The zero-order valence-electron chi connectivity index (χ0n) is 11.8. The van der Waals surface area contributed by atoms with Gasteiger partial charge in [-0.05, 0) is 33.1 Å². The molecule has 5 nitrogen and oxygen atoms in total. The molecular weight excluding hydrogens is 332 g/mol. The average molecular weight is 355 g/mol. The molecule has 1 aliphatic rings. The highest BCUT2D eigenvalue weighted by Gasteiger charge is 2.30. The van der Waals surface area contributed by atoms with Crippen molar-refractivity contribution in [1.29, 1.82) is 0 Å². The van der Waals surface area contributed by atoms with Crippen molar-refractivity contribution >= 4 is 31.9 Å². The maximum absolute atomic E-state index is 11.9. The Bertz CT molecular complexity index is 409. The van der Waals surface area contributed by atoms with E-state index in [1.165, 1.54) is 0 Å². The first-order valence-electron chi connectivity index (χ1n) is 6.64. The van der Waals surface area contributed by atoms with Gasteiger partial charge in [0.2, 0.25) is 15.9 Å². The van der Waals surface area contributed by atoms with E-state index in [1.807, 2.05) is 6.92 Å². The number of sulfonamides is 1. The molecular formula is C12H23BrN2O3S. The molecule has 0 aromatic heterocycles. The molecule has 0 aliphatic carbocycles. The van der Waals surface area contributed by atoms with E-state index >= 15 is 0 Å². The predicted molar refractivity (Wildman–Crippen MR) is 79.8 cm³/mol. The monoisotopic (exact) mass is 354 g/mol. The largest absolute Gasteiger partial charge is 0.352 e. The molecule has 1 saturated heterocycles. The number of hydrogen-bond donors (Lipinski definition) is 1. The van der Waals surface area contributed by atoms with E-state index in [-0.39, 0.29) is 17.7 Å². The quantitative estimate of drug-likeness (QED) is 0.760. The third kappa shape index (κ3) is 5.04. The lowest BCUT2D eigenvalue weighted by molar-refractivity contribution is -0.123. The zero-order chi connectivity index (χ0) is 14.7.